The molecule has 78 valence electrons. The summed E-state index contributed by atoms with van der Waals surface area (Å²) < 4.78 is 2.04. The molecule has 1 heterocycles. The number of fused-ring (bicyclic) bond motifs is 1. The smallest absolute Gasteiger partial charge is 0.253 e. The van der Waals surface area contributed by atoms with E-state index in [9.17, 15) is 4.79 Å². The van der Waals surface area contributed by atoms with Crippen molar-refractivity contribution in [2.24, 2.45) is 7.05 Å². The molecule has 1 aromatic heterocycles. The summed E-state index contributed by atoms with van der Waals surface area (Å²) in [5.74, 6) is -0.0238. The fourth-order valence-electron chi connectivity index (χ4n) is 1.93. The fraction of sp³-hybridized carbons (Fsp3) is 0.250. The molecule has 1 aromatic carbocycles. The largest absolute Gasteiger partial charge is 0.355 e. The zero-order chi connectivity index (χ0) is 11.0. The zero-order valence-electron chi connectivity index (χ0n) is 9.16. The molecule has 0 radical (unpaired) electrons. The van der Waals surface area contributed by atoms with Gasteiger partial charge in [-0.25, -0.2) is 0 Å². The standard InChI is InChI=1S/C12H14N2O/c1-8-11(12(15)13-2)9-6-4-5-7-10(9)14(8)3/h4-7H,1-3H3,(H,13,15). The Morgan fingerprint density at radius 3 is 2.67 bits per heavy atom. The van der Waals surface area contributed by atoms with Crippen LogP contribution in [-0.2, 0) is 7.05 Å². The van der Waals surface area contributed by atoms with E-state index in [0.717, 1.165) is 22.2 Å². The highest BCUT2D eigenvalue weighted by Gasteiger charge is 2.16. The van der Waals surface area contributed by atoms with Crippen molar-refractivity contribution in [3.05, 3.63) is 35.5 Å². The van der Waals surface area contributed by atoms with Gasteiger partial charge in [0.15, 0.2) is 0 Å². The first-order valence-electron chi connectivity index (χ1n) is 4.93. The summed E-state index contributed by atoms with van der Waals surface area (Å²) in [5.41, 5.74) is 2.86. The maximum absolute atomic E-state index is 11.7. The first-order chi connectivity index (χ1) is 7.16. The van der Waals surface area contributed by atoms with Gasteiger partial charge in [0.2, 0.25) is 0 Å². The Bertz CT molecular complexity index is 526. The molecule has 0 aliphatic rings. The van der Waals surface area contributed by atoms with E-state index in [4.69, 9.17) is 0 Å². The lowest BCUT2D eigenvalue weighted by atomic mass is 10.1. The van der Waals surface area contributed by atoms with E-state index in [1.54, 1.807) is 7.05 Å². The summed E-state index contributed by atoms with van der Waals surface area (Å²) in [6.45, 7) is 1.96. The Balaban J connectivity index is 2.83. The van der Waals surface area contributed by atoms with E-state index in [0.29, 0.717) is 0 Å². The first-order valence-corrected chi connectivity index (χ1v) is 4.93. The molecule has 0 saturated heterocycles. The van der Waals surface area contributed by atoms with Crippen LogP contribution >= 0.6 is 0 Å². The van der Waals surface area contributed by atoms with Crippen LogP contribution in [0.1, 0.15) is 16.1 Å². The second kappa shape index (κ2) is 3.42. The van der Waals surface area contributed by atoms with Gasteiger partial charge in [0, 0.05) is 30.7 Å². The first kappa shape index (κ1) is 9.77. The number of nitrogens with one attached hydrogen (secondary N) is 1. The summed E-state index contributed by atoms with van der Waals surface area (Å²) >= 11 is 0. The van der Waals surface area contributed by atoms with Crippen molar-refractivity contribution in [2.45, 2.75) is 6.92 Å². The van der Waals surface area contributed by atoms with Crippen LogP contribution in [0.25, 0.3) is 10.9 Å². The van der Waals surface area contributed by atoms with Gasteiger partial charge < -0.3 is 9.88 Å². The van der Waals surface area contributed by atoms with E-state index in [-0.39, 0.29) is 5.91 Å². The van der Waals surface area contributed by atoms with Crippen LogP contribution in [0.2, 0.25) is 0 Å². The van der Waals surface area contributed by atoms with Crippen LogP contribution in [0.4, 0.5) is 0 Å². The monoisotopic (exact) mass is 202 g/mol. The average Bonchev–Trinajstić information content (AvgIpc) is 2.52. The van der Waals surface area contributed by atoms with Gasteiger partial charge in [-0.15, -0.1) is 0 Å². The molecule has 0 spiro atoms. The van der Waals surface area contributed by atoms with Gasteiger partial charge in [-0.05, 0) is 13.0 Å². The summed E-state index contributed by atoms with van der Waals surface area (Å²) in [4.78, 5) is 11.7. The summed E-state index contributed by atoms with van der Waals surface area (Å²) in [5, 5.41) is 3.69. The van der Waals surface area contributed by atoms with Crippen LogP contribution in [0.5, 0.6) is 0 Å². The van der Waals surface area contributed by atoms with Gasteiger partial charge >= 0.3 is 0 Å². The molecule has 0 saturated carbocycles. The highest BCUT2D eigenvalue weighted by molar-refractivity contribution is 6.08. The minimum absolute atomic E-state index is 0.0238. The van der Waals surface area contributed by atoms with E-state index in [1.165, 1.54) is 0 Å². The van der Waals surface area contributed by atoms with Crippen molar-refractivity contribution in [3.8, 4) is 0 Å². The number of aryl methyl sites for hydroxylation is 1. The van der Waals surface area contributed by atoms with Gasteiger partial charge in [0.25, 0.3) is 5.91 Å². The Kier molecular flexibility index (Phi) is 2.23. The third-order valence-electron chi connectivity index (χ3n) is 2.85. The highest BCUT2D eigenvalue weighted by atomic mass is 16.1. The Morgan fingerprint density at radius 1 is 1.33 bits per heavy atom. The molecule has 3 nitrogen and oxygen atoms in total. The zero-order valence-corrected chi connectivity index (χ0v) is 9.16. The number of aromatic nitrogens is 1. The van der Waals surface area contributed by atoms with Crippen LogP contribution in [-0.4, -0.2) is 17.5 Å². The number of nitrogens with zero attached hydrogens (tertiary/aromatic N) is 1. The molecule has 0 fully saturated rings. The predicted molar refractivity (Wildman–Crippen MR) is 61.0 cm³/mol. The Morgan fingerprint density at radius 2 is 2.00 bits per heavy atom. The van der Waals surface area contributed by atoms with Gasteiger partial charge in [-0.1, -0.05) is 18.2 Å². The molecule has 0 bridgehead atoms. The van der Waals surface area contributed by atoms with Gasteiger partial charge in [-0.3, -0.25) is 4.79 Å². The molecule has 2 rings (SSSR count). The van der Waals surface area contributed by atoms with Crippen LogP contribution in [0.3, 0.4) is 0 Å². The maximum Gasteiger partial charge on any atom is 0.253 e. The van der Waals surface area contributed by atoms with E-state index in [2.05, 4.69) is 5.32 Å². The van der Waals surface area contributed by atoms with Crippen molar-refractivity contribution in [1.82, 2.24) is 9.88 Å². The minimum atomic E-state index is -0.0238. The molecule has 0 aliphatic carbocycles. The molecule has 0 aliphatic heterocycles. The topological polar surface area (TPSA) is 34.0 Å². The molecule has 1 N–H and O–H groups in total. The highest BCUT2D eigenvalue weighted by Crippen LogP contribution is 2.24. The molecular weight excluding hydrogens is 188 g/mol. The van der Waals surface area contributed by atoms with Gasteiger partial charge in [0.1, 0.15) is 0 Å². The van der Waals surface area contributed by atoms with Crippen molar-refractivity contribution < 1.29 is 4.79 Å². The SMILES string of the molecule is CNC(=O)c1c(C)n(C)c2ccccc12. The number of amides is 1. The lowest BCUT2D eigenvalue weighted by molar-refractivity contribution is 0.0964. The lowest BCUT2D eigenvalue weighted by Crippen LogP contribution is -2.18. The second-order valence-electron chi connectivity index (χ2n) is 3.62. The number of para-hydroxylation sites is 1. The molecule has 15 heavy (non-hydrogen) atoms. The number of hydrogen-bond donors (Lipinski definition) is 1. The van der Waals surface area contributed by atoms with Crippen LogP contribution in [0.15, 0.2) is 24.3 Å². The summed E-state index contributed by atoms with van der Waals surface area (Å²) in [6, 6.07) is 7.94. The normalized spacial score (nSPS) is 10.6. The molecule has 0 atom stereocenters. The molecule has 1 amide bonds. The third kappa shape index (κ3) is 1.31. The van der Waals surface area contributed by atoms with Crippen LogP contribution in [0, 0.1) is 6.92 Å². The molecule has 0 unspecified atom stereocenters. The summed E-state index contributed by atoms with van der Waals surface area (Å²) in [6.07, 6.45) is 0. The van der Waals surface area contributed by atoms with Crippen molar-refractivity contribution >= 4 is 16.8 Å². The molecule has 2 aromatic rings. The quantitative estimate of drug-likeness (QED) is 0.752. The van der Waals surface area contributed by atoms with E-state index >= 15 is 0 Å². The number of benzene rings is 1. The van der Waals surface area contributed by atoms with Crippen LogP contribution < -0.4 is 5.32 Å². The fourth-order valence-corrected chi connectivity index (χ4v) is 1.93. The minimum Gasteiger partial charge on any atom is -0.355 e. The average molecular weight is 202 g/mol. The van der Waals surface area contributed by atoms with Gasteiger partial charge in [-0.2, -0.15) is 0 Å². The Hall–Kier alpha value is -1.77. The van der Waals surface area contributed by atoms with E-state index < -0.39 is 0 Å². The number of rotatable bonds is 1. The summed E-state index contributed by atoms with van der Waals surface area (Å²) in [7, 11) is 3.63. The third-order valence-corrected chi connectivity index (χ3v) is 2.85. The predicted octanol–water partition coefficient (Wildman–Crippen LogP) is 1.85. The number of carbonyl (C=O) groups is 1. The van der Waals surface area contributed by atoms with E-state index in [1.807, 2.05) is 42.8 Å². The number of hydrogen-bond acceptors (Lipinski definition) is 1. The second-order valence-corrected chi connectivity index (χ2v) is 3.62. The Labute approximate surface area is 88.7 Å². The maximum atomic E-state index is 11.7. The molecule has 3 heteroatoms. The van der Waals surface area contributed by atoms with Gasteiger partial charge in [0.05, 0.1) is 5.56 Å². The van der Waals surface area contributed by atoms with Crippen molar-refractivity contribution in [2.75, 3.05) is 7.05 Å². The lowest BCUT2D eigenvalue weighted by Gasteiger charge is -2.00. The number of carbonyl (C=O) groups excluding carboxylic acids is 1. The van der Waals surface area contributed by atoms with Crippen molar-refractivity contribution in [3.63, 3.8) is 0 Å². The van der Waals surface area contributed by atoms with Crippen molar-refractivity contribution in [1.29, 1.82) is 0 Å². The molecular formula is C12H14N2O.